The first-order valence-electron chi connectivity index (χ1n) is 8.34. The summed E-state index contributed by atoms with van der Waals surface area (Å²) in [4.78, 5) is 33.1. The molecular formula is C16H24N4O3S. The average molecular weight is 352 g/mol. The quantitative estimate of drug-likeness (QED) is 0.880. The van der Waals surface area contributed by atoms with Crippen molar-refractivity contribution >= 4 is 28.3 Å². The maximum Gasteiger partial charge on any atom is 0.273 e. The van der Waals surface area contributed by atoms with Gasteiger partial charge in [0, 0.05) is 38.7 Å². The Kier molecular flexibility index (Phi) is 5.05. The van der Waals surface area contributed by atoms with E-state index in [0.717, 1.165) is 25.7 Å². The fourth-order valence-corrected chi connectivity index (χ4v) is 4.04. The van der Waals surface area contributed by atoms with E-state index in [0.29, 0.717) is 43.6 Å². The molecule has 2 aliphatic rings. The van der Waals surface area contributed by atoms with Gasteiger partial charge in [-0.05, 0) is 19.3 Å². The van der Waals surface area contributed by atoms with Crippen LogP contribution in [0.1, 0.15) is 36.2 Å². The van der Waals surface area contributed by atoms with Gasteiger partial charge < -0.3 is 20.3 Å². The van der Waals surface area contributed by atoms with Gasteiger partial charge in [0.2, 0.25) is 5.91 Å². The number of rotatable bonds is 4. The van der Waals surface area contributed by atoms with Crippen molar-refractivity contribution in [1.29, 1.82) is 0 Å². The maximum atomic E-state index is 12.9. The summed E-state index contributed by atoms with van der Waals surface area (Å²) in [5.74, 6) is 0.0790. The summed E-state index contributed by atoms with van der Waals surface area (Å²) in [6.45, 7) is 2.91. The summed E-state index contributed by atoms with van der Waals surface area (Å²) in [5, 5.41) is 2.09. The fourth-order valence-electron chi connectivity index (χ4n) is 3.51. The lowest BCUT2D eigenvalue weighted by Crippen LogP contribution is -2.51. The van der Waals surface area contributed by atoms with E-state index in [9.17, 15) is 9.59 Å². The van der Waals surface area contributed by atoms with Crippen LogP contribution in [0.3, 0.4) is 0 Å². The Morgan fingerprint density at radius 2 is 1.96 bits per heavy atom. The van der Waals surface area contributed by atoms with Crippen LogP contribution in [0.15, 0.2) is 5.38 Å². The normalized spacial score (nSPS) is 20.4. The molecule has 2 amide bonds. The Labute approximate surface area is 145 Å². The van der Waals surface area contributed by atoms with Crippen LogP contribution in [0.4, 0.5) is 5.13 Å². The van der Waals surface area contributed by atoms with Gasteiger partial charge in [-0.2, -0.15) is 0 Å². The molecule has 2 N–H and O–H groups in total. The van der Waals surface area contributed by atoms with Gasteiger partial charge in [-0.3, -0.25) is 9.59 Å². The van der Waals surface area contributed by atoms with Crippen LogP contribution in [0.25, 0.3) is 0 Å². The predicted octanol–water partition coefficient (Wildman–Crippen LogP) is 1.22. The third-order valence-electron chi connectivity index (χ3n) is 5.00. The number of thiazole rings is 1. The molecule has 1 aliphatic heterocycles. The first kappa shape index (κ1) is 17.2. The van der Waals surface area contributed by atoms with Crippen molar-refractivity contribution in [3.63, 3.8) is 0 Å². The lowest BCUT2D eigenvalue weighted by atomic mass is 9.68. The summed E-state index contributed by atoms with van der Waals surface area (Å²) < 4.78 is 5.28. The zero-order valence-corrected chi connectivity index (χ0v) is 14.8. The van der Waals surface area contributed by atoms with Gasteiger partial charge in [0.1, 0.15) is 5.69 Å². The third-order valence-corrected chi connectivity index (χ3v) is 5.67. The molecule has 7 nitrogen and oxygen atoms in total. The molecule has 0 atom stereocenters. The molecule has 1 saturated heterocycles. The number of nitrogens with zero attached hydrogens (tertiary/aromatic N) is 3. The SMILES string of the molecule is COCC1(C(=O)N2CCCN(C(=O)c3csc(N)n3)CC2)CCC1. The number of nitrogens with two attached hydrogens (primary N) is 1. The molecule has 1 aliphatic carbocycles. The number of carbonyl (C=O) groups is 2. The molecule has 1 aromatic rings. The minimum Gasteiger partial charge on any atom is -0.384 e. The van der Waals surface area contributed by atoms with Gasteiger partial charge >= 0.3 is 0 Å². The van der Waals surface area contributed by atoms with Crippen LogP contribution in [0.5, 0.6) is 0 Å². The number of anilines is 1. The van der Waals surface area contributed by atoms with E-state index in [1.165, 1.54) is 11.3 Å². The molecule has 0 unspecified atom stereocenters. The first-order chi connectivity index (χ1) is 11.6. The predicted molar refractivity (Wildman–Crippen MR) is 91.8 cm³/mol. The Morgan fingerprint density at radius 1 is 1.25 bits per heavy atom. The Balaban J connectivity index is 1.62. The van der Waals surface area contributed by atoms with E-state index in [1.807, 2.05) is 4.90 Å². The van der Waals surface area contributed by atoms with E-state index < -0.39 is 0 Å². The smallest absolute Gasteiger partial charge is 0.273 e. The summed E-state index contributed by atoms with van der Waals surface area (Å²) >= 11 is 1.27. The summed E-state index contributed by atoms with van der Waals surface area (Å²) in [5.41, 5.74) is 5.67. The maximum absolute atomic E-state index is 12.9. The second-order valence-electron chi connectivity index (χ2n) is 6.58. The van der Waals surface area contributed by atoms with E-state index >= 15 is 0 Å². The molecule has 1 saturated carbocycles. The molecule has 0 aromatic carbocycles. The molecule has 1 aromatic heterocycles. The van der Waals surface area contributed by atoms with Crippen LogP contribution in [-0.2, 0) is 9.53 Å². The van der Waals surface area contributed by atoms with Crippen molar-refractivity contribution in [3.05, 3.63) is 11.1 Å². The largest absolute Gasteiger partial charge is 0.384 e. The molecule has 0 radical (unpaired) electrons. The molecule has 0 bridgehead atoms. The topological polar surface area (TPSA) is 88.8 Å². The molecule has 24 heavy (non-hydrogen) atoms. The van der Waals surface area contributed by atoms with Crippen LogP contribution >= 0.6 is 11.3 Å². The number of aromatic nitrogens is 1. The zero-order chi connectivity index (χ0) is 17.2. The number of ether oxygens (including phenoxy) is 1. The van der Waals surface area contributed by atoms with Crippen LogP contribution < -0.4 is 5.73 Å². The highest BCUT2D eigenvalue weighted by Gasteiger charge is 2.46. The van der Waals surface area contributed by atoms with E-state index in [2.05, 4.69) is 4.98 Å². The number of carbonyl (C=O) groups excluding carboxylic acids is 2. The molecule has 8 heteroatoms. The van der Waals surface area contributed by atoms with Crippen molar-refractivity contribution in [3.8, 4) is 0 Å². The van der Waals surface area contributed by atoms with E-state index in [-0.39, 0.29) is 17.2 Å². The highest BCUT2D eigenvalue weighted by Crippen LogP contribution is 2.42. The van der Waals surface area contributed by atoms with Crippen molar-refractivity contribution < 1.29 is 14.3 Å². The summed E-state index contributed by atoms with van der Waals surface area (Å²) in [6, 6.07) is 0. The number of hydrogen-bond acceptors (Lipinski definition) is 6. The molecule has 132 valence electrons. The zero-order valence-electron chi connectivity index (χ0n) is 14.0. The minimum absolute atomic E-state index is 0.104. The molecule has 2 heterocycles. The molecule has 0 spiro atoms. The van der Waals surface area contributed by atoms with Crippen LogP contribution in [0, 0.1) is 5.41 Å². The number of nitrogen functional groups attached to an aromatic ring is 1. The highest BCUT2D eigenvalue weighted by atomic mass is 32.1. The molecule has 3 rings (SSSR count). The Hall–Kier alpha value is -1.67. The Morgan fingerprint density at radius 3 is 2.54 bits per heavy atom. The van der Waals surface area contributed by atoms with Crippen molar-refractivity contribution in [2.45, 2.75) is 25.7 Å². The van der Waals surface area contributed by atoms with Gasteiger partial charge in [-0.15, -0.1) is 11.3 Å². The van der Waals surface area contributed by atoms with Gasteiger partial charge in [0.05, 0.1) is 12.0 Å². The molecular weight excluding hydrogens is 328 g/mol. The van der Waals surface area contributed by atoms with E-state index in [1.54, 1.807) is 17.4 Å². The fraction of sp³-hybridized carbons (Fsp3) is 0.688. The van der Waals surface area contributed by atoms with Crippen molar-refractivity contribution in [2.24, 2.45) is 5.41 Å². The third kappa shape index (κ3) is 3.25. The first-order valence-corrected chi connectivity index (χ1v) is 9.22. The van der Waals surface area contributed by atoms with Crippen LogP contribution in [-0.4, -0.2) is 66.5 Å². The van der Waals surface area contributed by atoms with Gasteiger partial charge in [-0.25, -0.2) is 4.98 Å². The standard InChI is InChI=1S/C16H24N4O3S/c1-23-11-16(4-2-5-16)14(22)20-7-3-6-19(8-9-20)13(21)12-10-24-15(17)18-12/h10H,2-9,11H2,1H3,(H2,17,18). The van der Waals surface area contributed by atoms with Crippen molar-refractivity contribution in [1.82, 2.24) is 14.8 Å². The lowest BCUT2D eigenvalue weighted by Gasteiger charge is -2.42. The van der Waals surface area contributed by atoms with Gasteiger partial charge in [0.15, 0.2) is 5.13 Å². The number of hydrogen-bond donors (Lipinski definition) is 1. The second-order valence-corrected chi connectivity index (χ2v) is 7.47. The second kappa shape index (κ2) is 7.06. The van der Waals surface area contributed by atoms with Crippen LogP contribution in [0.2, 0.25) is 0 Å². The average Bonchev–Trinajstić information content (AvgIpc) is 2.82. The Bertz CT molecular complexity index is 614. The summed E-state index contributed by atoms with van der Waals surface area (Å²) in [7, 11) is 1.65. The molecule has 2 fully saturated rings. The van der Waals surface area contributed by atoms with E-state index in [4.69, 9.17) is 10.5 Å². The summed E-state index contributed by atoms with van der Waals surface area (Å²) in [6.07, 6.45) is 3.66. The van der Waals surface area contributed by atoms with Gasteiger partial charge in [0.25, 0.3) is 5.91 Å². The number of amides is 2. The monoisotopic (exact) mass is 352 g/mol. The van der Waals surface area contributed by atoms with Crippen molar-refractivity contribution in [2.75, 3.05) is 45.6 Å². The minimum atomic E-state index is -0.336. The number of methoxy groups -OCH3 is 1. The lowest BCUT2D eigenvalue weighted by molar-refractivity contribution is -0.152. The van der Waals surface area contributed by atoms with Gasteiger partial charge in [-0.1, -0.05) is 6.42 Å². The highest BCUT2D eigenvalue weighted by molar-refractivity contribution is 7.13.